The van der Waals surface area contributed by atoms with Crippen LogP contribution >= 0.6 is 0 Å². The molecular weight excluding hydrogens is 356 g/mol. The van der Waals surface area contributed by atoms with E-state index in [0.29, 0.717) is 37.6 Å². The van der Waals surface area contributed by atoms with Crippen molar-refractivity contribution >= 4 is 15.9 Å². The summed E-state index contributed by atoms with van der Waals surface area (Å²) in [6.07, 6.45) is 1.26. The van der Waals surface area contributed by atoms with Gasteiger partial charge in [0.15, 0.2) is 0 Å². The summed E-state index contributed by atoms with van der Waals surface area (Å²) in [5.41, 5.74) is 1.98. The maximum atomic E-state index is 12.3. The van der Waals surface area contributed by atoms with Crippen LogP contribution in [0.1, 0.15) is 24.3 Å². The van der Waals surface area contributed by atoms with Gasteiger partial charge in [-0.25, -0.2) is 13.6 Å². The van der Waals surface area contributed by atoms with Gasteiger partial charge in [-0.15, -0.1) is 0 Å². The summed E-state index contributed by atoms with van der Waals surface area (Å²) in [5, 5.41) is 9.04. The van der Waals surface area contributed by atoms with Crippen molar-refractivity contribution < 1.29 is 17.7 Å². The summed E-state index contributed by atoms with van der Waals surface area (Å²) in [4.78, 5) is 18.3. The molecule has 1 atom stereocenters. The molecule has 26 heavy (non-hydrogen) atoms. The Morgan fingerprint density at radius 1 is 1.42 bits per heavy atom. The first kappa shape index (κ1) is 18.5. The first-order valence-corrected chi connectivity index (χ1v) is 10.2. The smallest absolute Gasteiger partial charge is 0.227 e. The van der Waals surface area contributed by atoms with E-state index in [4.69, 9.17) is 9.66 Å². The van der Waals surface area contributed by atoms with Crippen molar-refractivity contribution in [3.8, 4) is 11.4 Å². The van der Waals surface area contributed by atoms with Crippen LogP contribution in [0.5, 0.6) is 0 Å². The average molecular weight is 378 g/mol. The number of carbonyl (C=O) groups is 1. The molecule has 1 aliphatic rings. The number of aryl methyl sites for hydroxylation is 2. The molecule has 0 bridgehead atoms. The number of primary sulfonamides is 1. The van der Waals surface area contributed by atoms with Gasteiger partial charge >= 0.3 is 0 Å². The number of carbonyl (C=O) groups excluding carboxylic acids is 1. The van der Waals surface area contributed by atoms with E-state index in [9.17, 15) is 13.2 Å². The normalized spacial score (nSPS) is 17.6. The number of nitrogens with two attached hydrogens (primary N) is 1. The Hall–Kier alpha value is -2.26. The van der Waals surface area contributed by atoms with Gasteiger partial charge in [-0.1, -0.05) is 28.9 Å². The molecule has 2 N–H and O–H groups in total. The fourth-order valence-corrected chi connectivity index (χ4v) is 4.08. The van der Waals surface area contributed by atoms with Gasteiger partial charge < -0.3 is 9.42 Å². The first-order valence-electron chi connectivity index (χ1n) is 8.48. The monoisotopic (exact) mass is 378 g/mol. The number of hydrogen-bond acceptors (Lipinski definition) is 6. The van der Waals surface area contributed by atoms with Gasteiger partial charge in [0.05, 0.1) is 5.75 Å². The number of benzene rings is 1. The largest absolute Gasteiger partial charge is 0.342 e. The molecule has 9 heteroatoms. The zero-order valence-electron chi connectivity index (χ0n) is 14.6. The second kappa shape index (κ2) is 7.55. The lowest BCUT2D eigenvalue weighted by atomic mass is 10.1. The number of aromatic nitrogens is 2. The third-order valence-electron chi connectivity index (χ3n) is 4.40. The Labute approximate surface area is 152 Å². The van der Waals surface area contributed by atoms with Crippen LogP contribution in [0.2, 0.25) is 0 Å². The molecule has 1 aliphatic heterocycles. The summed E-state index contributed by atoms with van der Waals surface area (Å²) in [6, 6.07) is 7.79. The number of rotatable bonds is 6. The fourth-order valence-electron chi connectivity index (χ4n) is 3.15. The molecule has 0 saturated carbocycles. The second-order valence-corrected chi connectivity index (χ2v) is 8.36. The molecule has 0 unspecified atom stereocenters. The van der Waals surface area contributed by atoms with E-state index in [2.05, 4.69) is 10.1 Å². The Balaban J connectivity index is 1.53. The van der Waals surface area contributed by atoms with E-state index in [-0.39, 0.29) is 24.0 Å². The minimum Gasteiger partial charge on any atom is -0.342 e. The zero-order chi connectivity index (χ0) is 18.7. The lowest BCUT2D eigenvalue weighted by Gasteiger charge is -2.15. The summed E-state index contributed by atoms with van der Waals surface area (Å²) in [7, 11) is -3.51. The number of likely N-dealkylation sites (tertiary alicyclic amines) is 1. The average Bonchev–Trinajstić information content (AvgIpc) is 3.20. The van der Waals surface area contributed by atoms with Crippen LogP contribution in [0.15, 0.2) is 28.8 Å². The fraction of sp³-hybridized carbons (Fsp3) is 0.471. The molecule has 0 radical (unpaired) electrons. The van der Waals surface area contributed by atoms with E-state index < -0.39 is 10.0 Å². The molecule has 1 amide bonds. The minimum absolute atomic E-state index is 0.0442. The third kappa shape index (κ3) is 4.89. The van der Waals surface area contributed by atoms with Crippen molar-refractivity contribution in [2.75, 3.05) is 18.8 Å². The van der Waals surface area contributed by atoms with Crippen molar-refractivity contribution in [3.63, 3.8) is 0 Å². The third-order valence-corrected chi connectivity index (χ3v) is 5.34. The summed E-state index contributed by atoms with van der Waals surface area (Å²) < 4.78 is 27.6. The van der Waals surface area contributed by atoms with E-state index in [1.807, 2.05) is 31.2 Å². The van der Waals surface area contributed by atoms with Gasteiger partial charge in [0.2, 0.25) is 27.6 Å². The maximum Gasteiger partial charge on any atom is 0.227 e. The Morgan fingerprint density at radius 2 is 2.23 bits per heavy atom. The highest BCUT2D eigenvalue weighted by Crippen LogP contribution is 2.20. The quantitative estimate of drug-likeness (QED) is 0.804. The first-order chi connectivity index (χ1) is 12.3. The van der Waals surface area contributed by atoms with Gasteiger partial charge in [-0.05, 0) is 25.3 Å². The highest BCUT2D eigenvalue weighted by Gasteiger charge is 2.28. The maximum absolute atomic E-state index is 12.3. The Bertz CT molecular complexity index is 894. The molecule has 0 aliphatic carbocycles. The molecular formula is C17H22N4O4S. The van der Waals surface area contributed by atoms with Crippen LogP contribution in [0.25, 0.3) is 11.4 Å². The molecule has 2 aromatic rings. The number of nitrogens with zero attached hydrogens (tertiary/aromatic N) is 3. The minimum atomic E-state index is -3.51. The summed E-state index contributed by atoms with van der Waals surface area (Å²) >= 11 is 0. The molecule has 2 heterocycles. The number of hydrogen-bond donors (Lipinski definition) is 1. The lowest BCUT2D eigenvalue weighted by Crippen LogP contribution is -2.31. The van der Waals surface area contributed by atoms with Crippen LogP contribution in [-0.4, -0.2) is 48.2 Å². The Kier molecular flexibility index (Phi) is 5.38. The molecule has 8 nitrogen and oxygen atoms in total. The second-order valence-electron chi connectivity index (χ2n) is 6.71. The van der Waals surface area contributed by atoms with Crippen molar-refractivity contribution in [1.29, 1.82) is 0 Å². The predicted molar refractivity (Wildman–Crippen MR) is 95.5 cm³/mol. The topological polar surface area (TPSA) is 119 Å². The zero-order valence-corrected chi connectivity index (χ0v) is 15.4. The van der Waals surface area contributed by atoms with E-state index in [1.54, 1.807) is 4.90 Å². The van der Waals surface area contributed by atoms with Gasteiger partial charge in [-0.3, -0.25) is 4.79 Å². The summed E-state index contributed by atoms with van der Waals surface area (Å²) in [5.74, 6) is 0.698. The van der Waals surface area contributed by atoms with Crippen LogP contribution in [0, 0.1) is 12.8 Å². The SMILES string of the molecule is Cc1cccc(-c2noc(CCC(=O)N3CC[C@@H](CS(N)(=O)=O)C3)n2)c1. The van der Waals surface area contributed by atoms with Gasteiger partial charge in [0.25, 0.3) is 0 Å². The molecule has 3 rings (SSSR count). The highest BCUT2D eigenvalue weighted by atomic mass is 32.2. The van der Waals surface area contributed by atoms with Crippen LogP contribution in [-0.2, 0) is 21.2 Å². The van der Waals surface area contributed by atoms with E-state index in [0.717, 1.165) is 11.1 Å². The standard InChI is InChI=1S/C17H22N4O4S/c1-12-3-2-4-14(9-12)17-19-15(25-20-17)5-6-16(22)21-8-7-13(10-21)11-26(18,23)24/h2-4,9,13H,5-8,10-11H2,1H3,(H2,18,23,24)/t13-/m1/s1. The van der Waals surface area contributed by atoms with Crippen molar-refractivity contribution in [3.05, 3.63) is 35.7 Å². The molecule has 1 fully saturated rings. The lowest BCUT2D eigenvalue weighted by molar-refractivity contribution is -0.130. The molecule has 140 valence electrons. The number of sulfonamides is 1. The van der Waals surface area contributed by atoms with Gasteiger partial charge in [0.1, 0.15) is 0 Å². The van der Waals surface area contributed by atoms with E-state index >= 15 is 0 Å². The van der Waals surface area contributed by atoms with Crippen LogP contribution in [0.3, 0.4) is 0 Å². The molecule has 1 aromatic carbocycles. The summed E-state index contributed by atoms with van der Waals surface area (Å²) in [6.45, 7) is 2.97. The van der Waals surface area contributed by atoms with Crippen molar-refractivity contribution in [2.24, 2.45) is 11.1 Å². The number of amides is 1. The molecule has 1 saturated heterocycles. The predicted octanol–water partition coefficient (Wildman–Crippen LogP) is 1.11. The Morgan fingerprint density at radius 3 is 2.96 bits per heavy atom. The molecule has 1 aromatic heterocycles. The van der Waals surface area contributed by atoms with Crippen molar-refractivity contribution in [2.45, 2.75) is 26.2 Å². The van der Waals surface area contributed by atoms with Crippen LogP contribution < -0.4 is 5.14 Å². The van der Waals surface area contributed by atoms with Gasteiger partial charge in [-0.2, -0.15) is 4.98 Å². The van der Waals surface area contributed by atoms with Gasteiger partial charge in [0, 0.05) is 31.5 Å². The van der Waals surface area contributed by atoms with Crippen molar-refractivity contribution in [1.82, 2.24) is 15.0 Å². The van der Waals surface area contributed by atoms with Crippen LogP contribution in [0.4, 0.5) is 0 Å². The highest BCUT2D eigenvalue weighted by molar-refractivity contribution is 7.89. The van der Waals surface area contributed by atoms with E-state index in [1.165, 1.54) is 0 Å². The molecule has 0 spiro atoms.